The van der Waals surface area contributed by atoms with E-state index in [1.54, 1.807) is 6.92 Å². The first-order chi connectivity index (χ1) is 11.5. The van der Waals surface area contributed by atoms with Crippen LogP contribution in [0, 0.1) is 0 Å². The van der Waals surface area contributed by atoms with Crippen LogP contribution in [0.5, 0.6) is 0 Å². The Morgan fingerprint density at radius 2 is 1.92 bits per heavy atom. The third kappa shape index (κ3) is 3.12. The molecule has 1 atom stereocenters. The van der Waals surface area contributed by atoms with Crippen LogP contribution < -0.4 is 10.2 Å². The number of imide groups is 1. The first-order valence-electron chi connectivity index (χ1n) is 8.17. The Balaban J connectivity index is 1.68. The van der Waals surface area contributed by atoms with E-state index in [2.05, 4.69) is 15.3 Å². The Morgan fingerprint density at radius 1 is 1.25 bits per heavy atom. The highest BCUT2D eigenvalue weighted by Crippen LogP contribution is 2.21. The van der Waals surface area contributed by atoms with Crippen molar-refractivity contribution in [1.82, 2.24) is 10.3 Å². The van der Waals surface area contributed by atoms with E-state index in [0.717, 1.165) is 42.6 Å². The van der Waals surface area contributed by atoms with Crippen molar-refractivity contribution in [2.24, 2.45) is 5.10 Å². The quantitative estimate of drug-likeness (QED) is 0.672. The second-order valence-electron chi connectivity index (χ2n) is 6.17. The van der Waals surface area contributed by atoms with Crippen LogP contribution in [0.3, 0.4) is 0 Å². The molecule has 128 valence electrons. The minimum Gasteiger partial charge on any atom is -0.378 e. The lowest BCUT2D eigenvalue weighted by atomic mass is 10.00. The van der Waals surface area contributed by atoms with Gasteiger partial charge in [0.05, 0.1) is 19.4 Å². The zero-order chi connectivity index (χ0) is 17.2. The van der Waals surface area contributed by atoms with E-state index in [1.807, 2.05) is 31.2 Å². The second kappa shape index (κ2) is 6.60. The molecule has 3 rings (SSSR count). The first-order valence-corrected chi connectivity index (χ1v) is 8.17. The van der Waals surface area contributed by atoms with Gasteiger partial charge >= 0.3 is 6.03 Å². The summed E-state index contributed by atoms with van der Waals surface area (Å²) in [6.07, 6.45) is 2.06. The Kier molecular flexibility index (Phi) is 4.53. The molecule has 1 unspecified atom stereocenters. The molecule has 1 aromatic carbocycles. The Morgan fingerprint density at radius 3 is 2.50 bits per heavy atom. The van der Waals surface area contributed by atoms with Gasteiger partial charge in [-0.15, -0.1) is 5.01 Å². The highest BCUT2D eigenvalue weighted by Gasteiger charge is 2.46. The average molecular weight is 330 g/mol. The number of rotatable bonds is 4. The van der Waals surface area contributed by atoms with Crippen LogP contribution in [0.4, 0.5) is 10.5 Å². The number of hydrazone groups is 1. The van der Waals surface area contributed by atoms with Crippen LogP contribution in [-0.4, -0.2) is 55.0 Å². The molecule has 2 heterocycles. The van der Waals surface area contributed by atoms with E-state index in [9.17, 15) is 9.59 Å². The lowest BCUT2D eigenvalue weighted by molar-refractivity contribution is -0.130. The number of carbonyl (C=O) groups is 2. The van der Waals surface area contributed by atoms with Crippen LogP contribution >= 0.6 is 0 Å². The lowest BCUT2D eigenvalue weighted by Crippen LogP contribution is -2.42. The largest absolute Gasteiger partial charge is 0.378 e. The molecule has 0 radical (unpaired) electrons. The summed E-state index contributed by atoms with van der Waals surface area (Å²) >= 11 is 0. The maximum atomic E-state index is 12.3. The number of hydrogen-bond donors (Lipinski definition) is 1. The summed E-state index contributed by atoms with van der Waals surface area (Å²) in [6.45, 7) is 6.81. The summed E-state index contributed by atoms with van der Waals surface area (Å²) in [7, 11) is 0. The fraction of sp³-hybridized carbons (Fsp3) is 0.471. The average Bonchev–Trinajstić information content (AvgIpc) is 2.84. The number of benzene rings is 1. The van der Waals surface area contributed by atoms with Crippen LogP contribution in [0.1, 0.15) is 25.8 Å². The van der Waals surface area contributed by atoms with Gasteiger partial charge in [0.2, 0.25) is 0 Å². The summed E-state index contributed by atoms with van der Waals surface area (Å²) in [6, 6.07) is 7.38. The zero-order valence-electron chi connectivity index (χ0n) is 14.0. The molecule has 1 aromatic rings. The number of carbonyl (C=O) groups excluding carboxylic acids is 2. The molecule has 2 aliphatic heterocycles. The fourth-order valence-electron chi connectivity index (χ4n) is 2.73. The van der Waals surface area contributed by atoms with E-state index in [4.69, 9.17) is 4.74 Å². The fourth-order valence-corrected chi connectivity index (χ4v) is 2.73. The van der Waals surface area contributed by atoms with Crippen molar-refractivity contribution < 1.29 is 14.3 Å². The molecule has 7 heteroatoms. The minimum absolute atomic E-state index is 0.323. The molecule has 2 saturated heterocycles. The van der Waals surface area contributed by atoms with Crippen molar-refractivity contribution in [3.63, 3.8) is 0 Å². The van der Waals surface area contributed by atoms with Gasteiger partial charge in [-0.3, -0.25) is 4.79 Å². The monoisotopic (exact) mass is 330 g/mol. The van der Waals surface area contributed by atoms with E-state index < -0.39 is 11.6 Å². The highest BCUT2D eigenvalue weighted by atomic mass is 16.5. The summed E-state index contributed by atoms with van der Waals surface area (Å²) in [5.41, 5.74) is 1.09. The van der Waals surface area contributed by atoms with Crippen LogP contribution in [-0.2, 0) is 9.53 Å². The molecule has 7 nitrogen and oxygen atoms in total. The van der Waals surface area contributed by atoms with Crippen LogP contribution in [0.25, 0.3) is 0 Å². The molecule has 0 aromatic heterocycles. The van der Waals surface area contributed by atoms with Crippen molar-refractivity contribution in [2.45, 2.75) is 25.8 Å². The van der Waals surface area contributed by atoms with Gasteiger partial charge in [0.15, 0.2) is 0 Å². The third-order valence-corrected chi connectivity index (χ3v) is 4.54. The number of ether oxygens (including phenoxy) is 1. The molecule has 0 aliphatic carbocycles. The van der Waals surface area contributed by atoms with Gasteiger partial charge in [-0.05, 0) is 31.0 Å². The molecule has 0 saturated carbocycles. The van der Waals surface area contributed by atoms with Crippen molar-refractivity contribution >= 4 is 23.8 Å². The van der Waals surface area contributed by atoms with E-state index in [-0.39, 0.29) is 5.91 Å². The van der Waals surface area contributed by atoms with Crippen molar-refractivity contribution in [2.75, 3.05) is 31.2 Å². The van der Waals surface area contributed by atoms with Gasteiger partial charge in [-0.2, -0.15) is 5.10 Å². The molecule has 3 amide bonds. The summed E-state index contributed by atoms with van der Waals surface area (Å²) in [4.78, 5) is 26.4. The lowest BCUT2D eigenvalue weighted by Gasteiger charge is -2.28. The summed E-state index contributed by atoms with van der Waals surface area (Å²) in [5, 5.41) is 7.63. The number of nitrogens with one attached hydrogen (secondary N) is 1. The zero-order valence-corrected chi connectivity index (χ0v) is 14.0. The summed E-state index contributed by atoms with van der Waals surface area (Å²) < 4.78 is 5.35. The molecule has 0 spiro atoms. The Hall–Kier alpha value is -2.41. The van der Waals surface area contributed by atoms with Gasteiger partial charge in [0.1, 0.15) is 5.54 Å². The van der Waals surface area contributed by atoms with Crippen LogP contribution in [0.15, 0.2) is 29.4 Å². The van der Waals surface area contributed by atoms with Gasteiger partial charge < -0.3 is 15.0 Å². The number of nitrogens with zero attached hydrogens (tertiary/aromatic N) is 3. The predicted molar refractivity (Wildman–Crippen MR) is 91.1 cm³/mol. The van der Waals surface area contributed by atoms with Crippen LogP contribution in [0.2, 0.25) is 0 Å². The maximum absolute atomic E-state index is 12.3. The number of amides is 3. The Labute approximate surface area is 141 Å². The number of anilines is 1. The van der Waals surface area contributed by atoms with Crippen molar-refractivity contribution in [3.8, 4) is 0 Å². The van der Waals surface area contributed by atoms with E-state index in [1.165, 1.54) is 6.21 Å². The topological polar surface area (TPSA) is 74.2 Å². The standard InChI is InChI=1S/C17H22N4O3/c1-3-17(2)15(22)21(16(23)19-17)18-12-13-4-6-14(7-5-13)20-8-10-24-11-9-20/h4-7,12H,3,8-11H2,1-2H3,(H,19,23). The van der Waals surface area contributed by atoms with E-state index in [0.29, 0.717) is 6.42 Å². The minimum atomic E-state index is -0.866. The van der Waals surface area contributed by atoms with E-state index >= 15 is 0 Å². The highest BCUT2D eigenvalue weighted by molar-refractivity contribution is 6.07. The normalized spacial score (nSPS) is 24.8. The molecule has 24 heavy (non-hydrogen) atoms. The smallest absolute Gasteiger partial charge is 0.346 e. The van der Waals surface area contributed by atoms with Gasteiger partial charge in [0.25, 0.3) is 5.91 Å². The van der Waals surface area contributed by atoms with Gasteiger partial charge in [-0.25, -0.2) is 4.79 Å². The number of hydrogen-bond acceptors (Lipinski definition) is 5. The molecule has 2 fully saturated rings. The molecule has 0 bridgehead atoms. The third-order valence-electron chi connectivity index (χ3n) is 4.54. The SMILES string of the molecule is CCC1(C)NC(=O)N(N=Cc2ccc(N3CCOCC3)cc2)C1=O. The first kappa shape index (κ1) is 16.4. The predicted octanol–water partition coefficient (Wildman–Crippen LogP) is 1.58. The molecular formula is C17H22N4O3. The van der Waals surface area contributed by atoms with Crippen molar-refractivity contribution in [3.05, 3.63) is 29.8 Å². The second-order valence-corrected chi connectivity index (χ2v) is 6.17. The maximum Gasteiger partial charge on any atom is 0.346 e. The Bertz CT molecular complexity index is 652. The van der Waals surface area contributed by atoms with Gasteiger partial charge in [0, 0.05) is 18.8 Å². The van der Waals surface area contributed by atoms with Crippen molar-refractivity contribution in [1.29, 1.82) is 0 Å². The molecule has 2 aliphatic rings. The molecular weight excluding hydrogens is 308 g/mol. The molecule has 1 N–H and O–H groups in total. The summed E-state index contributed by atoms with van der Waals surface area (Å²) in [5.74, 6) is -0.323. The number of morpholine rings is 1. The van der Waals surface area contributed by atoms with Gasteiger partial charge in [-0.1, -0.05) is 19.1 Å². The number of urea groups is 1.